The van der Waals surface area contributed by atoms with E-state index >= 15 is 0 Å². The molecule has 35 heavy (non-hydrogen) atoms. The van der Waals surface area contributed by atoms with E-state index in [0.29, 0.717) is 5.56 Å². The molecule has 1 aliphatic carbocycles. The predicted octanol–water partition coefficient (Wildman–Crippen LogP) is 5.60. The van der Waals surface area contributed by atoms with E-state index in [4.69, 9.17) is 4.74 Å². The van der Waals surface area contributed by atoms with E-state index in [1.807, 2.05) is 30.3 Å². The van der Waals surface area contributed by atoms with Crippen molar-refractivity contribution in [3.63, 3.8) is 0 Å². The van der Waals surface area contributed by atoms with Crippen molar-refractivity contribution in [3.8, 4) is 5.75 Å². The molecular formula is C29H34FN3O2. The Hall–Kier alpha value is -2.99. The predicted molar refractivity (Wildman–Crippen MR) is 136 cm³/mol. The lowest BCUT2D eigenvalue weighted by Gasteiger charge is -2.34. The van der Waals surface area contributed by atoms with Crippen LogP contribution < -0.4 is 10.1 Å². The SMILES string of the molecule is O=C(NC1CCC(CCN2CCC(Oc3ccc(F)cc3)CC2)CC1)c1ccnc2ccccc12. The molecule has 1 amide bonds. The van der Waals surface area contributed by atoms with Crippen LogP contribution in [0.1, 0.15) is 55.3 Å². The normalized spacial score (nSPS) is 21.6. The summed E-state index contributed by atoms with van der Waals surface area (Å²) in [6.07, 6.45) is 9.62. The molecule has 5 rings (SSSR count). The third kappa shape index (κ3) is 6.17. The van der Waals surface area contributed by atoms with Gasteiger partial charge in [-0.15, -0.1) is 0 Å². The van der Waals surface area contributed by atoms with Gasteiger partial charge in [-0.25, -0.2) is 4.39 Å². The molecule has 1 saturated heterocycles. The van der Waals surface area contributed by atoms with Gasteiger partial charge in [0.15, 0.2) is 0 Å². The van der Waals surface area contributed by atoms with E-state index < -0.39 is 0 Å². The lowest BCUT2D eigenvalue weighted by molar-refractivity contribution is 0.0898. The zero-order valence-electron chi connectivity index (χ0n) is 20.2. The van der Waals surface area contributed by atoms with Crippen molar-refractivity contribution in [1.82, 2.24) is 15.2 Å². The summed E-state index contributed by atoms with van der Waals surface area (Å²) in [6, 6.07) is 16.2. The highest BCUT2D eigenvalue weighted by molar-refractivity contribution is 6.06. The molecule has 5 nitrogen and oxygen atoms in total. The molecule has 2 aromatic carbocycles. The van der Waals surface area contributed by atoms with Crippen LogP contribution in [-0.2, 0) is 0 Å². The number of ether oxygens (including phenoxy) is 1. The van der Waals surface area contributed by atoms with Crippen LogP contribution in [0.25, 0.3) is 10.9 Å². The molecular weight excluding hydrogens is 441 g/mol. The Labute approximate surface area is 206 Å². The molecule has 184 valence electrons. The number of fused-ring (bicyclic) bond motifs is 1. The minimum Gasteiger partial charge on any atom is -0.490 e. The van der Waals surface area contributed by atoms with Crippen LogP contribution in [0.15, 0.2) is 60.8 Å². The fraction of sp³-hybridized carbons (Fsp3) is 0.448. The van der Waals surface area contributed by atoms with E-state index in [1.54, 1.807) is 18.3 Å². The molecule has 0 spiro atoms. The van der Waals surface area contributed by atoms with Crippen molar-refractivity contribution in [2.75, 3.05) is 19.6 Å². The van der Waals surface area contributed by atoms with Crippen LogP contribution in [-0.4, -0.2) is 47.6 Å². The number of para-hydroxylation sites is 1. The quantitative estimate of drug-likeness (QED) is 0.484. The maximum Gasteiger partial charge on any atom is 0.252 e. The number of amides is 1. The lowest BCUT2D eigenvalue weighted by atomic mass is 9.83. The third-order valence-electron chi connectivity index (χ3n) is 7.58. The first kappa shape index (κ1) is 23.7. The first-order chi connectivity index (χ1) is 17.1. The summed E-state index contributed by atoms with van der Waals surface area (Å²) in [5.41, 5.74) is 1.57. The molecule has 1 saturated carbocycles. The van der Waals surface area contributed by atoms with Crippen LogP contribution in [0.3, 0.4) is 0 Å². The number of rotatable bonds is 7. The van der Waals surface area contributed by atoms with Crippen LogP contribution in [0.4, 0.5) is 4.39 Å². The van der Waals surface area contributed by atoms with Gasteiger partial charge in [0.25, 0.3) is 5.91 Å². The van der Waals surface area contributed by atoms with Crippen LogP contribution in [0, 0.1) is 11.7 Å². The minimum absolute atomic E-state index is 0.0118. The summed E-state index contributed by atoms with van der Waals surface area (Å²) >= 11 is 0. The van der Waals surface area contributed by atoms with Gasteiger partial charge in [-0.05, 0) is 93.8 Å². The highest BCUT2D eigenvalue weighted by Crippen LogP contribution is 2.28. The summed E-state index contributed by atoms with van der Waals surface area (Å²) in [4.78, 5) is 19.8. The standard InChI is InChI=1S/C29H34FN3O2/c30-22-7-11-24(12-8-22)35-25-15-19-33(20-16-25)18-14-21-5-9-23(10-6-21)32-29(34)27-13-17-31-28-4-2-1-3-26(27)28/h1-4,7-8,11-13,17,21,23,25H,5-6,9-10,14-16,18-20H2,(H,32,34). The molecule has 0 unspecified atom stereocenters. The van der Waals surface area contributed by atoms with Gasteiger partial charge >= 0.3 is 0 Å². The molecule has 0 bridgehead atoms. The summed E-state index contributed by atoms with van der Waals surface area (Å²) in [5.74, 6) is 1.27. The van der Waals surface area contributed by atoms with Crippen LogP contribution in [0.2, 0.25) is 0 Å². The summed E-state index contributed by atoms with van der Waals surface area (Å²) in [7, 11) is 0. The Morgan fingerprint density at radius 3 is 2.49 bits per heavy atom. The number of carbonyl (C=O) groups is 1. The van der Waals surface area contributed by atoms with E-state index in [9.17, 15) is 9.18 Å². The zero-order valence-corrected chi connectivity index (χ0v) is 20.2. The van der Waals surface area contributed by atoms with E-state index in [-0.39, 0.29) is 23.9 Å². The molecule has 2 fully saturated rings. The molecule has 1 aliphatic heterocycles. The van der Waals surface area contributed by atoms with Gasteiger partial charge in [-0.2, -0.15) is 0 Å². The number of benzene rings is 2. The second-order valence-electron chi connectivity index (χ2n) is 9.97. The minimum atomic E-state index is -0.231. The zero-order chi connectivity index (χ0) is 24.0. The molecule has 3 aromatic rings. The van der Waals surface area contributed by atoms with E-state index in [0.717, 1.165) is 67.9 Å². The third-order valence-corrected chi connectivity index (χ3v) is 7.58. The maximum absolute atomic E-state index is 13.1. The summed E-state index contributed by atoms with van der Waals surface area (Å²) in [6.45, 7) is 3.24. The van der Waals surface area contributed by atoms with Gasteiger partial charge in [0.2, 0.25) is 0 Å². The first-order valence-electron chi connectivity index (χ1n) is 12.9. The Kier molecular flexibility index (Phi) is 7.57. The Morgan fingerprint density at radius 2 is 1.71 bits per heavy atom. The van der Waals surface area contributed by atoms with E-state index in [1.165, 1.54) is 31.4 Å². The van der Waals surface area contributed by atoms with Gasteiger partial charge in [-0.1, -0.05) is 18.2 Å². The van der Waals surface area contributed by atoms with Gasteiger partial charge in [-0.3, -0.25) is 9.78 Å². The Morgan fingerprint density at radius 1 is 0.971 bits per heavy atom. The average molecular weight is 476 g/mol. The van der Waals surface area contributed by atoms with Gasteiger partial charge in [0.05, 0.1) is 11.1 Å². The lowest BCUT2D eigenvalue weighted by Crippen LogP contribution is -2.40. The van der Waals surface area contributed by atoms with Gasteiger partial charge in [0, 0.05) is 30.7 Å². The second kappa shape index (κ2) is 11.2. The van der Waals surface area contributed by atoms with Crippen molar-refractivity contribution in [2.45, 2.75) is 57.1 Å². The Bertz CT molecular complexity index is 1110. The monoisotopic (exact) mass is 475 g/mol. The number of carbonyl (C=O) groups excluding carboxylic acids is 1. The number of likely N-dealkylation sites (tertiary alicyclic amines) is 1. The topological polar surface area (TPSA) is 54.5 Å². The van der Waals surface area contributed by atoms with Crippen LogP contribution >= 0.6 is 0 Å². The summed E-state index contributed by atoms with van der Waals surface area (Å²) in [5, 5.41) is 4.18. The highest BCUT2D eigenvalue weighted by Gasteiger charge is 2.25. The second-order valence-corrected chi connectivity index (χ2v) is 9.97. The number of hydrogen-bond acceptors (Lipinski definition) is 4. The molecule has 2 heterocycles. The first-order valence-corrected chi connectivity index (χ1v) is 12.9. The van der Waals surface area contributed by atoms with Crippen molar-refractivity contribution in [2.24, 2.45) is 5.92 Å². The number of halogens is 1. The largest absolute Gasteiger partial charge is 0.490 e. The number of aromatic nitrogens is 1. The van der Waals surface area contributed by atoms with E-state index in [2.05, 4.69) is 15.2 Å². The van der Waals surface area contributed by atoms with Gasteiger partial charge < -0.3 is 15.0 Å². The molecule has 0 radical (unpaired) electrons. The van der Waals surface area contributed by atoms with Crippen molar-refractivity contribution in [3.05, 3.63) is 72.2 Å². The number of hydrogen-bond donors (Lipinski definition) is 1. The molecule has 2 aliphatic rings. The highest BCUT2D eigenvalue weighted by atomic mass is 19.1. The fourth-order valence-electron chi connectivity index (χ4n) is 5.47. The van der Waals surface area contributed by atoms with Crippen molar-refractivity contribution in [1.29, 1.82) is 0 Å². The molecule has 1 N–H and O–H groups in total. The fourth-order valence-corrected chi connectivity index (χ4v) is 5.47. The molecule has 0 atom stereocenters. The number of nitrogens with zero attached hydrogens (tertiary/aromatic N) is 2. The maximum atomic E-state index is 13.1. The van der Waals surface area contributed by atoms with Gasteiger partial charge in [0.1, 0.15) is 17.7 Å². The number of nitrogens with one attached hydrogen (secondary N) is 1. The van der Waals surface area contributed by atoms with Crippen molar-refractivity contribution >= 4 is 16.8 Å². The summed E-state index contributed by atoms with van der Waals surface area (Å²) < 4.78 is 19.1. The average Bonchev–Trinajstić information content (AvgIpc) is 2.90. The smallest absolute Gasteiger partial charge is 0.252 e. The Balaban J connectivity index is 1.01. The number of pyridine rings is 1. The molecule has 1 aromatic heterocycles. The number of piperidine rings is 1. The van der Waals surface area contributed by atoms with Crippen LogP contribution in [0.5, 0.6) is 5.75 Å². The van der Waals surface area contributed by atoms with Crippen molar-refractivity contribution < 1.29 is 13.9 Å². The molecule has 6 heteroatoms.